The second-order valence-electron chi connectivity index (χ2n) is 5.37. The summed E-state index contributed by atoms with van der Waals surface area (Å²) in [4.78, 5) is 13.1. The lowest BCUT2D eigenvalue weighted by atomic mass is 9.98. The van der Waals surface area contributed by atoms with Crippen LogP contribution in [0.2, 0.25) is 0 Å². The summed E-state index contributed by atoms with van der Waals surface area (Å²) in [6.07, 6.45) is 1.64. The fourth-order valence-corrected chi connectivity index (χ4v) is 2.51. The van der Waals surface area contributed by atoms with Crippen LogP contribution in [0.4, 0.5) is 4.39 Å². The van der Waals surface area contributed by atoms with Crippen molar-refractivity contribution < 1.29 is 14.3 Å². The molecule has 0 saturated heterocycles. The van der Waals surface area contributed by atoms with E-state index in [1.54, 1.807) is 26.0 Å². The number of aryl methyl sites for hydroxylation is 1. The first-order valence-corrected chi connectivity index (χ1v) is 6.08. The lowest BCUT2D eigenvalue weighted by Crippen LogP contribution is -2.49. The number of carbonyl (C=O) groups is 1. The summed E-state index contributed by atoms with van der Waals surface area (Å²) in [6.45, 7) is 3.38. The van der Waals surface area contributed by atoms with E-state index in [1.165, 1.54) is 6.07 Å². The van der Waals surface area contributed by atoms with Gasteiger partial charge in [-0.1, -0.05) is 6.07 Å². The van der Waals surface area contributed by atoms with Gasteiger partial charge in [-0.15, -0.1) is 0 Å². The fraction of sp³-hybridized carbons (Fsp3) is 0.500. The van der Waals surface area contributed by atoms with Gasteiger partial charge in [0, 0.05) is 6.04 Å². The molecule has 1 aromatic carbocycles. The highest BCUT2D eigenvalue weighted by atomic mass is 19.1. The molecule has 18 heavy (non-hydrogen) atoms. The van der Waals surface area contributed by atoms with Crippen molar-refractivity contribution in [3.05, 3.63) is 35.1 Å². The van der Waals surface area contributed by atoms with Crippen molar-refractivity contribution in [3.8, 4) is 0 Å². The number of carboxylic acids is 1. The summed E-state index contributed by atoms with van der Waals surface area (Å²) in [7, 11) is 1.82. The van der Waals surface area contributed by atoms with E-state index in [1.807, 2.05) is 11.9 Å². The molecule has 1 aliphatic rings. The number of hydrogen-bond donors (Lipinski definition) is 1. The number of rotatable bonds is 3. The maximum atomic E-state index is 13.1. The average Bonchev–Trinajstić information content (AvgIpc) is 2.70. The Hall–Kier alpha value is -1.42. The Bertz CT molecular complexity index is 485. The minimum Gasteiger partial charge on any atom is -0.480 e. The third kappa shape index (κ3) is 2.01. The van der Waals surface area contributed by atoms with Crippen LogP contribution in [0.3, 0.4) is 0 Å². The second kappa shape index (κ2) is 4.35. The molecule has 0 heterocycles. The molecule has 3 nitrogen and oxygen atoms in total. The highest BCUT2D eigenvalue weighted by molar-refractivity contribution is 5.77. The quantitative estimate of drug-likeness (QED) is 0.897. The van der Waals surface area contributed by atoms with Crippen LogP contribution in [-0.4, -0.2) is 28.6 Å². The number of nitrogens with zero attached hydrogens (tertiary/aromatic N) is 1. The number of likely N-dealkylation sites (N-methyl/N-ethyl adjacent to an activating group) is 1. The molecule has 1 aromatic rings. The van der Waals surface area contributed by atoms with Crippen LogP contribution in [-0.2, 0) is 11.2 Å². The molecule has 0 spiro atoms. The maximum Gasteiger partial charge on any atom is 0.323 e. The van der Waals surface area contributed by atoms with Gasteiger partial charge >= 0.3 is 5.97 Å². The zero-order valence-corrected chi connectivity index (χ0v) is 10.9. The van der Waals surface area contributed by atoms with Crippen LogP contribution in [0.5, 0.6) is 0 Å². The van der Waals surface area contributed by atoms with Gasteiger partial charge in [0.25, 0.3) is 0 Å². The maximum absolute atomic E-state index is 13.1. The molecule has 4 heteroatoms. The first kappa shape index (κ1) is 13.0. The van der Waals surface area contributed by atoms with E-state index in [0.717, 1.165) is 24.0 Å². The first-order chi connectivity index (χ1) is 8.34. The van der Waals surface area contributed by atoms with Crippen molar-refractivity contribution in [2.24, 2.45) is 0 Å². The third-order valence-electron chi connectivity index (χ3n) is 4.02. The molecule has 0 radical (unpaired) electrons. The molecule has 0 aliphatic heterocycles. The van der Waals surface area contributed by atoms with Gasteiger partial charge < -0.3 is 5.11 Å². The Morgan fingerprint density at radius 3 is 2.78 bits per heavy atom. The lowest BCUT2D eigenvalue weighted by molar-refractivity contribution is -0.150. The zero-order chi connectivity index (χ0) is 13.5. The predicted octanol–water partition coefficient (Wildman–Crippen LogP) is 2.61. The minimum absolute atomic E-state index is 0.0479. The molecule has 1 N–H and O–H groups in total. The van der Waals surface area contributed by atoms with E-state index in [9.17, 15) is 14.3 Å². The van der Waals surface area contributed by atoms with Crippen molar-refractivity contribution in [2.45, 2.75) is 38.3 Å². The van der Waals surface area contributed by atoms with Crippen LogP contribution in [0.15, 0.2) is 18.2 Å². The summed E-state index contributed by atoms with van der Waals surface area (Å²) < 4.78 is 13.1. The van der Waals surface area contributed by atoms with Crippen LogP contribution in [0.1, 0.15) is 37.4 Å². The van der Waals surface area contributed by atoms with Crippen LogP contribution < -0.4 is 0 Å². The Morgan fingerprint density at radius 1 is 1.50 bits per heavy atom. The molecule has 0 aromatic heterocycles. The molecule has 0 bridgehead atoms. The van der Waals surface area contributed by atoms with Gasteiger partial charge in [-0.2, -0.15) is 0 Å². The molecule has 0 fully saturated rings. The minimum atomic E-state index is -0.930. The molecule has 1 unspecified atom stereocenters. The van der Waals surface area contributed by atoms with E-state index in [0.29, 0.717) is 0 Å². The molecule has 1 atom stereocenters. The molecular formula is C14H18FNO2. The zero-order valence-electron chi connectivity index (χ0n) is 10.9. The van der Waals surface area contributed by atoms with E-state index in [4.69, 9.17) is 0 Å². The standard InChI is InChI=1S/C14H18FNO2/c1-14(2,13(17)18)16(3)12-7-4-9-8-10(15)5-6-11(9)12/h5-6,8,12H,4,7H2,1-3H3,(H,17,18). The van der Waals surface area contributed by atoms with Gasteiger partial charge in [-0.05, 0) is 57.0 Å². The Kier molecular flexibility index (Phi) is 3.15. The number of carboxylic acid groups (broad SMARTS) is 1. The van der Waals surface area contributed by atoms with E-state index < -0.39 is 11.5 Å². The summed E-state index contributed by atoms with van der Waals surface area (Å²) in [5.74, 6) is -1.07. The first-order valence-electron chi connectivity index (χ1n) is 6.08. The van der Waals surface area contributed by atoms with Gasteiger partial charge in [-0.3, -0.25) is 9.69 Å². The SMILES string of the molecule is CN(C1CCc2cc(F)ccc21)C(C)(C)C(=O)O. The highest BCUT2D eigenvalue weighted by Gasteiger charge is 2.39. The Labute approximate surface area is 106 Å². The monoisotopic (exact) mass is 251 g/mol. The molecule has 98 valence electrons. The topological polar surface area (TPSA) is 40.5 Å². The van der Waals surface area contributed by atoms with Gasteiger partial charge in [0.1, 0.15) is 11.4 Å². The highest BCUT2D eigenvalue weighted by Crippen LogP contribution is 2.38. The smallest absolute Gasteiger partial charge is 0.323 e. The number of fused-ring (bicyclic) bond motifs is 1. The fourth-order valence-electron chi connectivity index (χ4n) is 2.51. The molecule has 2 rings (SSSR count). The van der Waals surface area contributed by atoms with Crippen molar-refractivity contribution in [3.63, 3.8) is 0 Å². The summed E-state index contributed by atoms with van der Waals surface area (Å²) in [5.41, 5.74) is 1.11. The average molecular weight is 251 g/mol. The van der Waals surface area contributed by atoms with E-state index in [-0.39, 0.29) is 11.9 Å². The Morgan fingerprint density at radius 2 is 2.17 bits per heavy atom. The molecule has 0 saturated carbocycles. The van der Waals surface area contributed by atoms with Crippen LogP contribution in [0.25, 0.3) is 0 Å². The predicted molar refractivity (Wildman–Crippen MR) is 66.9 cm³/mol. The second-order valence-corrected chi connectivity index (χ2v) is 5.37. The number of halogens is 1. The normalized spacial score (nSPS) is 19.1. The van der Waals surface area contributed by atoms with Gasteiger partial charge in [0.15, 0.2) is 0 Å². The molecule has 0 amide bonds. The third-order valence-corrected chi connectivity index (χ3v) is 4.02. The van der Waals surface area contributed by atoms with Crippen molar-refractivity contribution in [1.82, 2.24) is 4.90 Å². The van der Waals surface area contributed by atoms with Crippen molar-refractivity contribution >= 4 is 5.97 Å². The summed E-state index contributed by atoms with van der Waals surface area (Å²) in [5, 5.41) is 9.26. The molecular weight excluding hydrogens is 233 g/mol. The van der Waals surface area contributed by atoms with Crippen LogP contribution in [0, 0.1) is 5.82 Å². The lowest BCUT2D eigenvalue weighted by Gasteiger charge is -2.36. The van der Waals surface area contributed by atoms with E-state index in [2.05, 4.69) is 0 Å². The largest absolute Gasteiger partial charge is 0.480 e. The molecule has 1 aliphatic carbocycles. The van der Waals surface area contributed by atoms with E-state index >= 15 is 0 Å². The Balaban J connectivity index is 2.31. The number of aliphatic carboxylic acids is 1. The summed E-state index contributed by atoms with van der Waals surface area (Å²) >= 11 is 0. The summed E-state index contributed by atoms with van der Waals surface area (Å²) in [6, 6.07) is 4.82. The van der Waals surface area contributed by atoms with Gasteiger partial charge in [-0.25, -0.2) is 4.39 Å². The van der Waals surface area contributed by atoms with Crippen molar-refractivity contribution in [1.29, 1.82) is 0 Å². The number of hydrogen-bond acceptors (Lipinski definition) is 2. The van der Waals surface area contributed by atoms with Crippen molar-refractivity contribution in [2.75, 3.05) is 7.05 Å². The number of benzene rings is 1. The van der Waals surface area contributed by atoms with Gasteiger partial charge in [0.2, 0.25) is 0 Å². The van der Waals surface area contributed by atoms with Gasteiger partial charge in [0.05, 0.1) is 0 Å². The van der Waals surface area contributed by atoms with Crippen LogP contribution >= 0.6 is 0 Å².